The van der Waals surface area contributed by atoms with Crippen LogP contribution >= 0.6 is 11.8 Å². The van der Waals surface area contributed by atoms with Crippen LogP contribution in [0.4, 0.5) is 26.3 Å². The van der Waals surface area contributed by atoms with Crippen molar-refractivity contribution in [2.24, 2.45) is 0 Å². The summed E-state index contributed by atoms with van der Waals surface area (Å²) in [4.78, 5) is -1.50. The molecule has 0 aliphatic heterocycles. The number of hydrogen-bond donors (Lipinski definition) is 0. The highest BCUT2D eigenvalue weighted by Crippen LogP contribution is 2.38. The molecule has 0 saturated heterocycles. The molecule has 0 nitrogen and oxygen atoms in total. The normalized spacial score (nSPS) is 11.0. The molecule has 0 atom stereocenters. The van der Waals surface area contributed by atoms with Gasteiger partial charge in [-0.1, -0.05) is 11.8 Å². The van der Waals surface area contributed by atoms with Gasteiger partial charge >= 0.3 is 0 Å². The van der Waals surface area contributed by atoms with Crippen molar-refractivity contribution < 1.29 is 26.3 Å². The first-order chi connectivity index (χ1) is 9.73. The molecule has 0 spiro atoms. The molecular formula is C14H8F6S. The molecule has 21 heavy (non-hydrogen) atoms. The van der Waals surface area contributed by atoms with Gasteiger partial charge in [0, 0.05) is 23.3 Å². The van der Waals surface area contributed by atoms with Gasteiger partial charge in [0.05, 0.1) is 9.79 Å². The maximum Gasteiger partial charge on any atom is 0.145 e. The Hall–Kier alpha value is -1.63. The molecule has 0 aliphatic rings. The first-order valence-corrected chi connectivity index (χ1v) is 6.51. The van der Waals surface area contributed by atoms with Gasteiger partial charge in [0.1, 0.15) is 34.9 Å². The fraction of sp³-hybridized carbons (Fsp3) is 0.143. The fourth-order valence-electron chi connectivity index (χ4n) is 1.62. The molecule has 0 N–H and O–H groups in total. The number of hydrogen-bond acceptors (Lipinski definition) is 1. The van der Waals surface area contributed by atoms with Crippen LogP contribution in [0.25, 0.3) is 0 Å². The van der Waals surface area contributed by atoms with Crippen molar-refractivity contribution in [3.8, 4) is 0 Å². The van der Waals surface area contributed by atoms with E-state index < -0.39 is 55.8 Å². The van der Waals surface area contributed by atoms with E-state index in [1.807, 2.05) is 0 Å². The monoisotopic (exact) mass is 322 g/mol. The predicted molar refractivity (Wildman–Crippen MR) is 66.2 cm³/mol. The maximum absolute atomic E-state index is 13.8. The average molecular weight is 322 g/mol. The zero-order valence-corrected chi connectivity index (χ0v) is 11.6. The third kappa shape index (κ3) is 2.74. The Morgan fingerprint density at radius 2 is 0.952 bits per heavy atom. The molecule has 2 aromatic rings. The summed E-state index contributed by atoms with van der Waals surface area (Å²) in [7, 11) is 0. The Kier molecular flexibility index (Phi) is 4.22. The van der Waals surface area contributed by atoms with Crippen LogP contribution in [0.2, 0.25) is 0 Å². The zero-order valence-electron chi connectivity index (χ0n) is 10.8. The maximum atomic E-state index is 13.8. The Morgan fingerprint density at radius 3 is 1.29 bits per heavy atom. The lowest BCUT2D eigenvalue weighted by Gasteiger charge is -2.11. The van der Waals surface area contributed by atoms with E-state index in [1.54, 1.807) is 0 Å². The van der Waals surface area contributed by atoms with Crippen molar-refractivity contribution in [1.29, 1.82) is 0 Å². The van der Waals surface area contributed by atoms with Crippen molar-refractivity contribution in [3.05, 3.63) is 58.2 Å². The highest BCUT2D eigenvalue weighted by molar-refractivity contribution is 7.99. The van der Waals surface area contributed by atoms with E-state index in [0.29, 0.717) is 12.1 Å². The average Bonchev–Trinajstić information content (AvgIpc) is 2.42. The van der Waals surface area contributed by atoms with Crippen LogP contribution in [-0.4, -0.2) is 0 Å². The minimum atomic E-state index is -1.29. The van der Waals surface area contributed by atoms with Crippen molar-refractivity contribution in [1.82, 2.24) is 0 Å². The second-order valence-corrected chi connectivity index (χ2v) is 5.34. The van der Waals surface area contributed by atoms with Gasteiger partial charge in [-0.3, -0.25) is 0 Å². The summed E-state index contributed by atoms with van der Waals surface area (Å²) in [6, 6.07) is 0.847. The van der Waals surface area contributed by atoms with Crippen LogP contribution in [0, 0.1) is 48.8 Å². The van der Waals surface area contributed by atoms with Crippen molar-refractivity contribution in [3.63, 3.8) is 0 Å². The Bertz CT molecular complexity index is 665. The molecule has 2 rings (SSSR count). The van der Waals surface area contributed by atoms with Crippen molar-refractivity contribution in [2.45, 2.75) is 23.6 Å². The Morgan fingerprint density at radius 1 is 0.619 bits per heavy atom. The van der Waals surface area contributed by atoms with Gasteiger partial charge in [0.25, 0.3) is 0 Å². The first kappa shape index (κ1) is 15.8. The van der Waals surface area contributed by atoms with Gasteiger partial charge in [-0.25, -0.2) is 26.3 Å². The highest BCUT2D eigenvalue weighted by Gasteiger charge is 2.22. The van der Waals surface area contributed by atoms with E-state index in [-0.39, 0.29) is 11.8 Å². The third-order valence-electron chi connectivity index (χ3n) is 2.92. The lowest BCUT2D eigenvalue weighted by atomic mass is 10.2. The third-order valence-corrected chi connectivity index (χ3v) is 4.08. The number of rotatable bonds is 2. The van der Waals surface area contributed by atoms with Crippen LogP contribution in [-0.2, 0) is 0 Å². The minimum Gasteiger partial charge on any atom is -0.206 e. The highest BCUT2D eigenvalue weighted by atomic mass is 32.2. The van der Waals surface area contributed by atoms with E-state index >= 15 is 0 Å². The van der Waals surface area contributed by atoms with E-state index in [4.69, 9.17) is 0 Å². The lowest BCUT2D eigenvalue weighted by molar-refractivity contribution is 0.494. The molecule has 112 valence electrons. The summed E-state index contributed by atoms with van der Waals surface area (Å²) in [5, 5.41) is 0. The standard InChI is InChI=1S/C14H8F6S/c1-5-7(15)3-9(17)13(11(5)19)21-14-10(18)4-8(16)6(2)12(14)20/h3-4H,1-2H3. The van der Waals surface area contributed by atoms with Crippen LogP contribution in [0.5, 0.6) is 0 Å². The summed E-state index contributed by atoms with van der Waals surface area (Å²) in [6.07, 6.45) is 0. The summed E-state index contributed by atoms with van der Waals surface area (Å²) in [6.45, 7) is 2.13. The van der Waals surface area contributed by atoms with Gasteiger partial charge in [0.2, 0.25) is 0 Å². The molecule has 0 heterocycles. The molecule has 0 aromatic heterocycles. The predicted octanol–water partition coefficient (Wildman–Crippen LogP) is 5.29. The summed E-state index contributed by atoms with van der Waals surface area (Å²) in [5.41, 5.74) is -0.947. The van der Waals surface area contributed by atoms with E-state index in [9.17, 15) is 26.3 Å². The Labute approximate surface area is 120 Å². The van der Waals surface area contributed by atoms with Crippen LogP contribution in [0.3, 0.4) is 0 Å². The van der Waals surface area contributed by atoms with Crippen molar-refractivity contribution >= 4 is 11.8 Å². The van der Waals surface area contributed by atoms with Gasteiger partial charge in [-0.15, -0.1) is 0 Å². The number of benzene rings is 2. The SMILES string of the molecule is Cc1c(F)cc(F)c(Sc2c(F)cc(F)c(C)c2F)c1F. The molecule has 2 aromatic carbocycles. The molecule has 0 unspecified atom stereocenters. The van der Waals surface area contributed by atoms with E-state index in [1.165, 1.54) is 0 Å². The second kappa shape index (κ2) is 5.63. The molecule has 0 saturated carbocycles. The van der Waals surface area contributed by atoms with Gasteiger partial charge in [-0.05, 0) is 13.8 Å². The molecule has 0 aliphatic carbocycles. The van der Waals surface area contributed by atoms with E-state index in [2.05, 4.69) is 0 Å². The topological polar surface area (TPSA) is 0 Å². The zero-order chi connectivity index (χ0) is 15.9. The summed E-state index contributed by atoms with van der Waals surface area (Å²) >= 11 is 0.106. The molecular weight excluding hydrogens is 314 g/mol. The molecule has 0 bridgehead atoms. The first-order valence-electron chi connectivity index (χ1n) is 5.70. The van der Waals surface area contributed by atoms with Gasteiger partial charge in [0.15, 0.2) is 0 Å². The largest absolute Gasteiger partial charge is 0.206 e. The molecule has 0 fully saturated rings. The van der Waals surface area contributed by atoms with Crippen LogP contribution in [0.15, 0.2) is 21.9 Å². The van der Waals surface area contributed by atoms with E-state index in [0.717, 1.165) is 13.8 Å². The summed E-state index contributed by atoms with van der Waals surface area (Å²) in [5.74, 6) is -7.30. The molecule has 0 radical (unpaired) electrons. The second-order valence-electron chi connectivity index (χ2n) is 4.32. The van der Waals surface area contributed by atoms with Gasteiger partial charge < -0.3 is 0 Å². The fourth-order valence-corrected chi connectivity index (χ4v) is 2.62. The molecule has 7 heteroatoms. The summed E-state index contributed by atoms with van der Waals surface area (Å²) < 4.78 is 81.2. The Balaban J connectivity index is 2.59. The minimum absolute atomic E-state index is 0.106. The van der Waals surface area contributed by atoms with Crippen LogP contribution < -0.4 is 0 Å². The smallest absolute Gasteiger partial charge is 0.145 e. The molecule has 0 amide bonds. The van der Waals surface area contributed by atoms with Crippen LogP contribution in [0.1, 0.15) is 11.1 Å². The van der Waals surface area contributed by atoms with Gasteiger partial charge in [-0.2, -0.15) is 0 Å². The lowest BCUT2D eigenvalue weighted by Crippen LogP contribution is -2.00. The quantitative estimate of drug-likeness (QED) is 0.677. The number of halogens is 6. The van der Waals surface area contributed by atoms with Crippen molar-refractivity contribution in [2.75, 3.05) is 0 Å².